The summed E-state index contributed by atoms with van der Waals surface area (Å²) in [5, 5.41) is 2.99. The molecule has 0 saturated carbocycles. The Morgan fingerprint density at radius 2 is 1.65 bits per heavy atom. The molecule has 3 rings (SSSR count). The second-order valence-corrected chi connectivity index (χ2v) is 10.8. The highest BCUT2D eigenvalue weighted by molar-refractivity contribution is 7.92. The van der Waals surface area contributed by atoms with E-state index in [9.17, 15) is 18.0 Å². The summed E-state index contributed by atoms with van der Waals surface area (Å²) in [6.45, 7) is 5.85. The topological polar surface area (TPSA) is 96.0 Å². The van der Waals surface area contributed by atoms with Crippen molar-refractivity contribution in [3.05, 3.63) is 65.7 Å². The summed E-state index contributed by atoms with van der Waals surface area (Å²) in [6.07, 6.45) is 1.79. The molecule has 0 bridgehead atoms. The fourth-order valence-corrected chi connectivity index (χ4v) is 4.78. The molecular formula is C25H33N3O5S. The van der Waals surface area contributed by atoms with Crippen LogP contribution in [0.3, 0.4) is 0 Å². The Balaban J connectivity index is 1.74. The molecule has 2 amide bonds. The summed E-state index contributed by atoms with van der Waals surface area (Å²) < 4.78 is 31.4. The van der Waals surface area contributed by atoms with Gasteiger partial charge in [0.2, 0.25) is 15.9 Å². The van der Waals surface area contributed by atoms with Crippen LogP contribution in [0.15, 0.2) is 54.6 Å². The van der Waals surface area contributed by atoms with Crippen molar-refractivity contribution in [1.82, 2.24) is 10.2 Å². The van der Waals surface area contributed by atoms with E-state index in [1.54, 1.807) is 29.2 Å². The Labute approximate surface area is 201 Å². The number of rotatable bonds is 9. The molecule has 2 aromatic carbocycles. The number of sulfonamides is 1. The van der Waals surface area contributed by atoms with Gasteiger partial charge in [0.05, 0.1) is 31.2 Å². The predicted molar refractivity (Wildman–Crippen MR) is 132 cm³/mol. The average Bonchev–Trinajstić information content (AvgIpc) is 2.82. The molecule has 184 valence electrons. The van der Waals surface area contributed by atoms with Gasteiger partial charge in [-0.25, -0.2) is 8.42 Å². The molecule has 1 N–H and O–H groups in total. The Hall–Kier alpha value is -2.91. The number of morpholine rings is 1. The van der Waals surface area contributed by atoms with Gasteiger partial charge >= 0.3 is 0 Å². The normalized spacial score (nSPS) is 15.1. The Kier molecular flexibility index (Phi) is 8.68. The van der Waals surface area contributed by atoms with Crippen molar-refractivity contribution in [3.8, 4) is 0 Å². The molecular weight excluding hydrogens is 454 g/mol. The van der Waals surface area contributed by atoms with Crippen LogP contribution in [0.1, 0.15) is 42.2 Å². The van der Waals surface area contributed by atoms with Crippen LogP contribution in [0.5, 0.6) is 0 Å². The molecule has 8 nitrogen and oxygen atoms in total. The van der Waals surface area contributed by atoms with E-state index in [2.05, 4.69) is 19.2 Å². The molecule has 1 fully saturated rings. The van der Waals surface area contributed by atoms with Gasteiger partial charge in [-0.3, -0.25) is 13.9 Å². The molecule has 0 aliphatic carbocycles. The van der Waals surface area contributed by atoms with Crippen molar-refractivity contribution in [2.75, 3.05) is 43.4 Å². The number of nitrogens with zero attached hydrogens (tertiary/aromatic N) is 2. The van der Waals surface area contributed by atoms with Crippen LogP contribution in [0.25, 0.3) is 0 Å². The van der Waals surface area contributed by atoms with Gasteiger partial charge in [-0.15, -0.1) is 0 Å². The Morgan fingerprint density at radius 3 is 2.21 bits per heavy atom. The Bertz CT molecular complexity index is 1070. The fraction of sp³-hybridized carbons (Fsp3) is 0.440. The third-order valence-corrected chi connectivity index (χ3v) is 6.77. The third-order valence-electron chi connectivity index (χ3n) is 5.63. The lowest BCUT2D eigenvalue weighted by molar-refractivity contribution is -0.120. The number of hydrogen-bond donors (Lipinski definition) is 1. The zero-order valence-corrected chi connectivity index (χ0v) is 20.8. The van der Waals surface area contributed by atoms with Crippen molar-refractivity contribution in [2.24, 2.45) is 5.92 Å². The first-order valence-corrected chi connectivity index (χ1v) is 13.3. The maximum Gasteiger partial charge on any atom is 0.254 e. The molecule has 2 aromatic rings. The molecule has 1 atom stereocenters. The van der Waals surface area contributed by atoms with Gasteiger partial charge in [0.15, 0.2) is 0 Å². The number of anilines is 1. The number of nitrogens with one attached hydrogen (secondary N) is 1. The molecule has 1 heterocycles. The summed E-state index contributed by atoms with van der Waals surface area (Å²) in [5.41, 5.74) is 1.77. The molecule has 0 radical (unpaired) electrons. The minimum Gasteiger partial charge on any atom is -0.378 e. The van der Waals surface area contributed by atoms with Crippen LogP contribution in [0.2, 0.25) is 0 Å². The lowest BCUT2D eigenvalue weighted by Crippen LogP contribution is -2.42. The van der Waals surface area contributed by atoms with Crippen molar-refractivity contribution >= 4 is 27.5 Å². The summed E-state index contributed by atoms with van der Waals surface area (Å²) in [7, 11) is -3.73. The van der Waals surface area contributed by atoms with E-state index < -0.39 is 15.9 Å². The van der Waals surface area contributed by atoms with Gasteiger partial charge < -0.3 is 15.0 Å². The largest absolute Gasteiger partial charge is 0.378 e. The van der Waals surface area contributed by atoms with E-state index in [1.807, 2.05) is 30.3 Å². The highest BCUT2D eigenvalue weighted by Crippen LogP contribution is 2.23. The fourth-order valence-electron chi connectivity index (χ4n) is 3.92. The van der Waals surface area contributed by atoms with Crippen LogP contribution in [0, 0.1) is 5.92 Å². The monoisotopic (exact) mass is 487 g/mol. The van der Waals surface area contributed by atoms with Crippen molar-refractivity contribution < 1.29 is 22.7 Å². The SMILES string of the molecule is CC(C)CC(NC(=O)CN(c1ccc(C(=O)N2CCOCC2)cc1)S(C)(=O)=O)c1ccccc1. The quantitative estimate of drug-likeness (QED) is 0.587. The summed E-state index contributed by atoms with van der Waals surface area (Å²) in [5.74, 6) is -0.181. The van der Waals surface area contributed by atoms with Crippen molar-refractivity contribution in [1.29, 1.82) is 0 Å². The third kappa shape index (κ3) is 7.04. The lowest BCUT2D eigenvalue weighted by Gasteiger charge is -2.27. The molecule has 1 aliphatic heterocycles. The van der Waals surface area contributed by atoms with Gasteiger partial charge in [0.25, 0.3) is 5.91 Å². The second kappa shape index (κ2) is 11.5. The smallest absolute Gasteiger partial charge is 0.254 e. The van der Waals surface area contributed by atoms with Gasteiger partial charge in [0, 0.05) is 18.7 Å². The first kappa shape index (κ1) is 25.7. The minimum atomic E-state index is -3.73. The number of amides is 2. The van der Waals surface area contributed by atoms with Crippen LogP contribution >= 0.6 is 0 Å². The van der Waals surface area contributed by atoms with Gasteiger partial charge in [-0.05, 0) is 42.2 Å². The van der Waals surface area contributed by atoms with E-state index in [0.29, 0.717) is 43.5 Å². The number of carbonyl (C=O) groups excluding carboxylic acids is 2. The predicted octanol–water partition coefficient (Wildman–Crippen LogP) is 2.83. The maximum atomic E-state index is 12.9. The van der Waals surface area contributed by atoms with Crippen LogP contribution in [-0.2, 0) is 19.6 Å². The standard InChI is InChI=1S/C25H33N3O5S/c1-19(2)17-23(20-7-5-4-6-8-20)26-24(29)18-28(34(3,31)32)22-11-9-21(10-12-22)25(30)27-13-15-33-16-14-27/h4-12,19,23H,13-18H2,1-3H3,(H,26,29). The lowest BCUT2D eigenvalue weighted by atomic mass is 9.97. The maximum absolute atomic E-state index is 12.9. The number of carbonyl (C=O) groups is 2. The van der Waals surface area contributed by atoms with E-state index >= 15 is 0 Å². The zero-order chi connectivity index (χ0) is 24.7. The highest BCUT2D eigenvalue weighted by Gasteiger charge is 2.24. The van der Waals surface area contributed by atoms with E-state index in [0.717, 1.165) is 22.5 Å². The summed E-state index contributed by atoms with van der Waals surface area (Å²) in [4.78, 5) is 27.3. The average molecular weight is 488 g/mol. The number of benzene rings is 2. The first-order chi connectivity index (χ1) is 16.1. The van der Waals surface area contributed by atoms with Crippen molar-refractivity contribution in [3.63, 3.8) is 0 Å². The minimum absolute atomic E-state index is 0.127. The highest BCUT2D eigenvalue weighted by atomic mass is 32.2. The molecule has 0 aromatic heterocycles. The van der Waals surface area contributed by atoms with E-state index in [1.165, 1.54) is 0 Å². The van der Waals surface area contributed by atoms with Gasteiger partial charge in [-0.1, -0.05) is 44.2 Å². The van der Waals surface area contributed by atoms with Crippen LogP contribution < -0.4 is 9.62 Å². The molecule has 1 saturated heterocycles. The molecule has 9 heteroatoms. The van der Waals surface area contributed by atoms with Crippen molar-refractivity contribution in [2.45, 2.75) is 26.3 Å². The van der Waals surface area contributed by atoms with E-state index in [4.69, 9.17) is 4.74 Å². The molecule has 1 aliphatic rings. The number of hydrogen-bond acceptors (Lipinski definition) is 5. The second-order valence-electron chi connectivity index (χ2n) is 8.88. The summed E-state index contributed by atoms with van der Waals surface area (Å²) in [6, 6.07) is 15.7. The van der Waals surface area contributed by atoms with Crippen LogP contribution in [-0.4, -0.2) is 64.2 Å². The summed E-state index contributed by atoms with van der Waals surface area (Å²) >= 11 is 0. The van der Waals surface area contributed by atoms with Gasteiger partial charge in [0.1, 0.15) is 6.54 Å². The molecule has 0 spiro atoms. The van der Waals surface area contributed by atoms with E-state index in [-0.39, 0.29) is 18.5 Å². The van der Waals surface area contributed by atoms with Gasteiger partial charge in [-0.2, -0.15) is 0 Å². The number of ether oxygens (including phenoxy) is 1. The first-order valence-electron chi connectivity index (χ1n) is 11.4. The molecule has 34 heavy (non-hydrogen) atoms. The zero-order valence-electron chi connectivity index (χ0n) is 19.9. The van der Waals surface area contributed by atoms with Crippen LogP contribution in [0.4, 0.5) is 5.69 Å². The Morgan fingerprint density at radius 1 is 1.03 bits per heavy atom. The molecule has 1 unspecified atom stereocenters.